The van der Waals surface area contributed by atoms with Gasteiger partial charge in [-0.3, -0.25) is 89.2 Å². The highest BCUT2D eigenvalue weighted by atomic mass is 16.5. The van der Waals surface area contributed by atoms with Gasteiger partial charge in [0, 0.05) is 181 Å². The van der Waals surface area contributed by atoms with E-state index in [0.717, 1.165) is 259 Å². The number of nitrogens with one attached hydrogen (secondary N) is 5. The van der Waals surface area contributed by atoms with Crippen molar-refractivity contribution in [3.8, 4) is 17.2 Å². The van der Waals surface area contributed by atoms with E-state index in [4.69, 9.17) is 41.0 Å². The third-order valence-electron chi connectivity index (χ3n) is 30.4. The molecule has 25 rings (SSSR count). The molecule has 7 N–H and O–H groups in total. The Bertz CT molecular complexity index is 7450. The molecule has 10 amide bonds. The molecule has 31 heteroatoms. The van der Waals surface area contributed by atoms with Gasteiger partial charge in [-0.2, -0.15) is 0 Å². The molecule has 6 aromatic heterocycles. The van der Waals surface area contributed by atoms with Crippen molar-refractivity contribution < 1.29 is 99.2 Å². The summed E-state index contributed by atoms with van der Waals surface area (Å²) in [5.74, 6) is -0.962. The van der Waals surface area contributed by atoms with E-state index in [9.17, 15) is 58.2 Å². The largest absolute Gasteiger partial charge is 0.492 e. The zero-order valence-electron chi connectivity index (χ0n) is 80.6. The molecule has 9 aliphatic heterocycles. The van der Waals surface area contributed by atoms with Crippen molar-refractivity contribution in [2.75, 3.05) is 112 Å². The van der Waals surface area contributed by atoms with Crippen LogP contribution in [0.15, 0.2) is 199 Å². The lowest BCUT2D eigenvalue weighted by atomic mass is 9.88. The van der Waals surface area contributed by atoms with E-state index < -0.39 is 5.60 Å². The van der Waals surface area contributed by atoms with E-state index in [0.29, 0.717) is 89.9 Å². The molecule has 5 unspecified atom stereocenters. The predicted molar refractivity (Wildman–Crippen MR) is 542 cm³/mol. The third-order valence-corrected chi connectivity index (χ3v) is 30.4. The van der Waals surface area contributed by atoms with Crippen molar-refractivity contribution >= 4 is 168 Å². The molecule has 0 radical (unpaired) electrons. The van der Waals surface area contributed by atoms with Crippen LogP contribution in [0, 0.1) is 0 Å². The van der Waals surface area contributed by atoms with Gasteiger partial charge in [-0.25, -0.2) is 0 Å². The maximum Gasteiger partial charge on any atom is 0.234 e. The number of carbonyl (C=O) groups excluding carboxylic acids is 10. The first-order chi connectivity index (χ1) is 70.1. The van der Waals surface area contributed by atoms with E-state index in [-0.39, 0.29) is 94.8 Å². The van der Waals surface area contributed by atoms with Crippen LogP contribution >= 0.6 is 0 Å². The molecule has 1 saturated carbocycles. The number of benzene rings is 9. The molecule has 10 fully saturated rings. The monoisotopic (exact) mass is 1950 g/mol. The minimum absolute atomic E-state index is 0.164. The van der Waals surface area contributed by atoms with Crippen molar-refractivity contribution in [1.29, 1.82) is 0 Å². The number of likely N-dealkylation sites (tertiary alicyclic amines) is 3. The van der Waals surface area contributed by atoms with Crippen molar-refractivity contribution in [3.63, 3.8) is 0 Å². The van der Waals surface area contributed by atoms with Crippen molar-refractivity contribution in [1.82, 2.24) is 50.8 Å². The molecule has 15 heterocycles. The van der Waals surface area contributed by atoms with Gasteiger partial charge in [0.1, 0.15) is 65.0 Å². The van der Waals surface area contributed by atoms with Crippen LogP contribution in [-0.2, 0) is 59.2 Å². The fraction of sp³-hybridized carbons (Fsp3) is 0.398. The number of furan rings is 5. The number of aromatic nitrogens is 1. The first-order valence-electron chi connectivity index (χ1n) is 50.8. The Kier molecular flexibility index (Phi) is 28.2. The van der Waals surface area contributed by atoms with Gasteiger partial charge < -0.3 is 60.7 Å². The third kappa shape index (κ3) is 21.0. The van der Waals surface area contributed by atoms with E-state index >= 15 is 0 Å². The van der Waals surface area contributed by atoms with Gasteiger partial charge in [-0.05, 0) is 244 Å². The second-order valence-corrected chi connectivity index (χ2v) is 39.9. The Morgan fingerprint density at radius 2 is 0.729 bits per heavy atom. The average Bonchev–Trinajstić information content (AvgIpc) is 1.60. The molecule has 0 spiro atoms. The second-order valence-electron chi connectivity index (χ2n) is 39.9. The summed E-state index contributed by atoms with van der Waals surface area (Å²) in [6.45, 7) is 17.6. The van der Waals surface area contributed by atoms with Crippen molar-refractivity contribution in [2.45, 2.75) is 176 Å². The van der Waals surface area contributed by atoms with Crippen molar-refractivity contribution in [3.05, 3.63) is 210 Å². The van der Waals surface area contributed by atoms with Gasteiger partial charge in [-0.15, -0.1) is 0 Å². The minimum atomic E-state index is -0.541. The number of rotatable bonds is 21. The number of hydrogen-bond donors (Lipinski definition) is 7. The highest BCUT2D eigenvalue weighted by Crippen LogP contribution is 2.47. The van der Waals surface area contributed by atoms with Crippen LogP contribution in [0.5, 0.6) is 17.2 Å². The Morgan fingerprint density at radius 3 is 1.17 bits per heavy atom. The molecule has 9 saturated heterocycles. The van der Waals surface area contributed by atoms with E-state index in [2.05, 4.69) is 93.3 Å². The summed E-state index contributed by atoms with van der Waals surface area (Å²) in [7, 11) is 0. The van der Waals surface area contributed by atoms with Gasteiger partial charge in [0.25, 0.3) is 0 Å². The Labute approximate surface area is 828 Å². The van der Waals surface area contributed by atoms with Gasteiger partial charge in [0.2, 0.25) is 59.1 Å². The lowest BCUT2D eigenvalue weighted by Crippen LogP contribution is -2.43. The fourth-order valence-corrected chi connectivity index (χ4v) is 22.1. The number of fused-ring (bicyclic) bond motifs is 15. The van der Waals surface area contributed by atoms with Crippen LogP contribution in [0.3, 0.4) is 0 Å². The number of hydrogen-bond acceptors (Lipinski definition) is 25. The highest BCUT2D eigenvalue weighted by Gasteiger charge is 2.39. The van der Waals surface area contributed by atoms with Crippen LogP contribution < -0.4 is 40.8 Å². The standard InChI is InChI=1S/C25H28N2O5.C24H26N2O5.C23H24N2O5.C21H23N3O3.C20H17NO3/c1-25(30)8-10-27(11-9-25)12-13-31-17-3-4-18-16(14-17)2-6-21-23(18)20(15-32-21)19-5-7-22(28)26-24(19)29;27-16-7-9-26(10-8-16)11-12-30-17-2-3-18-15(13-17)1-5-21-23(18)20(14-31-21)19-4-6-22(28)25-24(19)29;26-21-7-5-17(23(27)24-21)18-14-30-20-6-4-15-16(22(18)20)2-1-3-19(15)29-13-10-25-8-11-28-12-9-25;25-19-6-3-14(21(26)22-19)16-13-27-18-5-4-17-15(20(16)18)7-10-24(17)12-11-23-8-1-2-9-23;22-18-8-6-15(20(23)21-18)16-10-24-17-7-4-13-9-12(11-1-2-11)3-5-14(13)19(16)17/h2-4,6,14-15,19,30H,5,7-13H2,1H3,(H,26,28,29);1-3,5,13-14,16,19,27H,4,6-12H2,(H,25,28,29);1-4,6,14,17H,5,7-13H2,(H,24,26,27);4-5,7,10,13-14H,1-3,6,8-9,11-12H2,(H,22,25,26);3-5,7,9-11,15H,1-2,6,8H2,(H,21,22,23). The molecule has 15 aromatic rings. The normalized spacial score (nSPS) is 21.2. The minimum Gasteiger partial charge on any atom is -0.492 e. The van der Waals surface area contributed by atoms with E-state index in [1.54, 1.807) is 31.3 Å². The van der Waals surface area contributed by atoms with E-state index in [1.807, 2.05) is 110 Å². The van der Waals surface area contributed by atoms with E-state index in [1.165, 1.54) is 49.7 Å². The molecule has 5 atom stereocenters. The van der Waals surface area contributed by atoms with Gasteiger partial charge >= 0.3 is 0 Å². The van der Waals surface area contributed by atoms with Crippen LogP contribution in [0.1, 0.15) is 191 Å². The molecule has 0 bridgehead atoms. The number of morpholine rings is 1. The number of nitrogens with zero attached hydrogens (tertiary/aromatic N) is 5. The summed E-state index contributed by atoms with van der Waals surface area (Å²) in [6.07, 6.45) is 23.0. The van der Waals surface area contributed by atoms with Crippen LogP contribution in [0.25, 0.3) is 109 Å². The first-order valence-corrected chi connectivity index (χ1v) is 50.8. The zero-order valence-corrected chi connectivity index (χ0v) is 80.6. The van der Waals surface area contributed by atoms with Gasteiger partial charge in [0.05, 0.1) is 85.8 Å². The Morgan fingerprint density at radius 1 is 0.354 bits per heavy atom. The topological polar surface area (TPSA) is 392 Å². The number of ether oxygens (including phenoxy) is 4. The predicted octanol–water partition coefficient (Wildman–Crippen LogP) is 16.1. The summed E-state index contributed by atoms with van der Waals surface area (Å²) < 4.78 is 54.5. The summed E-state index contributed by atoms with van der Waals surface area (Å²) in [5, 5.41) is 46.1. The lowest BCUT2D eigenvalue weighted by Gasteiger charge is -2.35. The average molecular weight is 1950 g/mol. The van der Waals surface area contributed by atoms with Crippen molar-refractivity contribution in [2.24, 2.45) is 0 Å². The van der Waals surface area contributed by atoms with Gasteiger partial charge in [0.15, 0.2) is 0 Å². The quantitative estimate of drug-likeness (QED) is 0.0329. The number of carbonyl (C=O) groups is 10. The SMILES string of the molecule is CC1(O)CCN(CCOc2ccc3c(ccc4occ(C5CCC(=O)NC5=O)c43)c2)CC1.O=C1CCC(c2coc3ccc4c(OCCN5CCOCC5)cccc4c23)C(=O)N1.O=C1CCC(c2coc3ccc4c(ccn4CCN4CCCC4)c23)C(=O)N1.O=C1CCC(c2coc3ccc4cc(C5CC5)ccc4c23)C(=O)N1.O=C1CCC(c2coc3ccc4cc(OCCN5CCC(O)CC5)ccc4c23)C(=O)N1. The molecule has 1 aliphatic carbocycles. The number of aliphatic hydroxyl groups is 2. The Hall–Kier alpha value is -13.9. The summed E-state index contributed by atoms with van der Waals surface area (Å²) in [5.41, 5.74) is 10.0. The maximum atomic E-state index is 12.4. The summed E-state index contributed by atoms with van der Waals surface area (Å²) in [4.78, 5) is 129. The molecule has 10 aliphatic rings. The number of aliphatic hydroxyl groups excluding tert-OH is 1. The zero-order chi connectivity index (χ0) is 98.8. The number of imide groups is 5. The van der Waals surface area contributed by atoms with Gasteiger partial charge in [-0.1, -0.05) is 48.5 Å². The maximum absolute atomic E-state index is 12.4. The van der Waals surface area contributed by atoms with Crippen LogP contribution in [0.4, 0.5) is 0 Å². The summed E-state index contributed by atoms with van der Waals surface area (Å²) in [6, 6.07) is 46.5. The fourth-order valence-electron chi connectivity index (χ4n) is 22.1. The Balaban J connectivity index is 0.000000106. The molecule has 144 heavy (non-hydrogen) atoms. The summed E-state index contributed by atoms with van der Waals surface area (Å²) >= 11 is 0. The highest BCUT2D eigenvalue weighted by molar-refractivity contribution is 6.16. The van der Waals surface area contributed by atoms with Crippen LogP contribution in [0.2, 0.25) is 0 Å². The smallest absolute Gasteiger partial charge is 0.234 e. The molecule has 31 nitrogen and oxygen atoms in total. The lowest BCUT2D eigenvalue weighted by molar-refractivity contribution is -0.135. The molecule has 746 valence electrons. The number of piperidine rings is 7. The second kappa shape index (κ2) is 42.2. The molecule has 9 aromatic carbocycles. The molecular weight excluding hydrogens is 1830 g/mol. The number of amides is 10. The first kappa shape index (κ1) is 96.2. The van der Waals surface area contributed by atoms with Crippen LogP contribution in [-0.4, -0.2) is 217 Å². The molecular formula is C113H118N10O21.